The number of hydrogen-bond donors (Lipinski definition) is 1. The Morgan fingerprint density at radius 3 is 2.76 bits per heavy atom. The van der Waals surface area contributed by atoms with E-state index in [1.807, 2.05) is 43.3 Å². The van der Waals surface area contributed by atoms with Crippen molar-refractivity contribution in [1.82, 2.24) is 0 Å². The van der Waals surface area contributed by atoms with Crippen LogP contribution in [-0.2, 0) is 9.59 Å². The van der Waals surface area contributed by atoms with Gasteiger partial charge in [-0.15, -0.1) is 0 Å². The Balaban J connectivity index is 1.73. The maximum absolute atomic E-state index is 12.6. The van der Waals surface area contributed by atoms with E-state index in [2.05, 4.69) is 21.2 Å². The van der Waals surface area contributed by atoms with Gasteiger partial charge in [0.15, 0.2) is 0 Å². The van der Waals surface area contributed by atoms with Crippen molar-refractivity contribution < 1.29 is 14.3 Å². The number of carbonyl (C=O) groups is 2. The van der Waals surface area contributed by atoms with Crippen LogP contribution in [-0.4, -0.2) is 25.5 Å². The van der Waals surface area contributed by atoms with Crippen molar-refractivity contribution in [1.29, 1.82) is 0 Å². The number of ether oxygens (including phenoxy) is 1. The zero-order valence-corrected chi connectivity index (χ0v) is 15.7. The summed E-state index contributed by atoms with van der Waals surface area (Å²) in [6, 6.07) is 13.0. The molecule has 0 saturated carbocycles. The van der Waals surface area contributed by atoms with E-state index in [1.54, 1.807) is 18.1 Å². The first-order valence-corrected chi connectivity index (χ1v) is 8.79. The molecule has 6 heteroatoms. The number of amides is 2. The molecular formula is C19H19BrN2O3. The Labute approximate surface area is 155 Å². The molecule has 1 N–H and O–H groups in total. The number of nitrogens with one attached hydrogen (secondary N) is 1. The summed E-state index contributed by atoms with van der Waals surface area (Å²) >= 11 is 3.44. The molecule has 1 heterocycles. The van der Waals surface area contributed by atoms with Gasteiger partial charge in [0.05, 0.1) is 18.7 Å². The van der Waals surface area contributed by atoms with Crippen molar-refractivity contribution in [2.75, 3.05) is 23.9 Å². The number of benzene rings is 2. The van der Waals surface area contributed by atoms with Crippen LogP contribution in [0.2, 0.25) is 0 Å². The molecule has 0 aliphatic carbocycles. The van der Waals surface area contributed by atoms with E-state index in [-0.39, 0.29) is 24.2 Å². The number of rotatable bonds is 4. The Bertz CT molecular complexity index is 822. The lowest BCUT2D eigenvalue weighted by Gasteiger charge is -2.19. The lowest BCUT2D eigenvalue weighted by atomic mass is 10.1. The van der Waals surface area contributed by atoms with E-state index in [0.29, 0.717) is 18.0 Å². The van der Waals surface area contributed by atoms with E-state index in [0.717, 1.165) is 15.7 Å². The number of nitrogens with zero attached hydrogens (tertiary/aromatic N) is 1. The summed E-state index contributed by atoms with van der Waals surface area (Å²) in [6.45, 7) is 2.31. The van der Waals surface area contributed by atoms with Crippen LogP contribution >= 0.6 is 15.9 Å². The quantitative estimate of drug-likeness (QED) is 0.846. The fourth-order valence-electron chi connectivity index (χ4n) is 2.94. The Kier molecular flexibility index (Phi) is 5.08. The Hall–Kier alpha value is -2.34. The zero-order chi connectivity index (χ0) is 18.0. The van der Waals surface area contributed by atoms with Crippen molar-refractivity contribution in [3.05, 3.63) is 52.5 Å². The van der Waals surface area contributed by atoms with Crippen LogP contribution in [0.15, 0.2) is 46.9 Å². The average Bonchev–Trinajstić information content (AvgIpc) is 3.00. The molecule has 1 fully saturated rings. The van der Waals surface area contributed by atoms with Crippen LogP contribution in [0.3, 0.4) is 0 Å². The van der Waals surface area contributed by atoms with Gasteiger partial charge >= 0.3 is 0 Å². The highest BCUT2D eigenvalue weighted by Gasteiger charge is 2.36. The minimum atomic E-state index is -0.388. The summed E-state index contributed by atoms with van der Waals surface area (Å²) in [5.41, 5.74) is 2.47. The van der Waals surface area contributed by atoms with Gasteiger partial charge in [0.25, 0.3) is 0 Å². The van der Waals surface area contributed by atoms with Crippen molar-refractivity contribution in [2.45, 2.75) is 13.3 Å². The number of para-hydroxylation sites is 2. The van der Waals surface area contributed by atoms with Crippen molar-refractivity contribution in [3.8, 4) is 5.75 Å². The second-order valence-corrected chi connectivity index (χ2v) is 6.88. The first-order valence-electron chi connectivity index (χ1n) is 8.00. The highest BCUT2D eigenvalue weighted by atomic mass is 79.9. The van der Waals surface area contributed by atoms with Crippen molar-refractivity contribution in [2.24, 2.45) is 5.92 Å². The average molecular weight is 403 g/mol. The maximum Gasteiger partial charge on any atom is 0.229 e. The van der Waals surface area contributed by atoms with E-state index in [4.69, 9.17) is 4.74 Å². The molecule has 0 spiro atoms. The van der Waals surface area contributed by atoms with E-state index >= 15 is 0 Å². The fourth-order valence-corrected chi connectivity index (χ4v) is 3.18. The third-order valence-electron chi connectivity index (χ3n) is 4.30. The summed E-state index contributed by atoms with van der Waals surface area (Å²) in [7, 11) is 1.57. The van der Waals surface area contributed by atoms with Gasteiger partial charge in [-0.2, -0.15) is 0 Å². The molecule has 2 aromatic rings. The molecule has 1 aliphatic rings. The van der Waals surface area contributed by atoms with Gasteiger partial charge in [0.1, 0.15) is 5.75 Å². The molecule has 0 unspecified atom stereocenters. The number of carbonyl (C=O) groups excluding carboxylic acids is 2. The van der Waals surface area contributed by atoms with Crippen LogP contribution in [0.1, 0.15) is 12.0 Å². The number of anilines is 2. The zero-order valence-electron chi connectivity index (χ0n) is 14.1. The van der Waals surface area contributed by atoms with Crippen molar-refractivity contribution >= 4 is 39.1 Å². The fraction of sp³-hybridized carbons (Fsp3) is 0.263. The topological polar surface area (TPSA) is 58.6 Å². The molecule has 1 saturated heterocycles. The van der Waals surface area contributed by atoms with Gasteiger partial charge in [-0.1, -0.05) is 28.1 Å². The number of hydrogen-bond acceptors (Lipinski definition) is 3. The molecule has 1 aliphatic heterocycles. The smallest absolute Gasteiger partial charge is 0.229 e. The SMILES string of the molecule is COc1ccccc1N1C[C@H](C(=O)Nc2ccc(Br)c(C)c2)CC1=O. The first kappa shape index (κ1) is 17.5. The van der Waals surface area contributed by atoms with Gasteiger partial charge in [-0.25, -0.2) is 0 Å². The van der Waals surface area contributed by atoms with Gasteiger partial charge in [0.2, 0.25) is 11.8 Å². The number of methoxy groups -OCH3 is 1. The van der Waals surface area contributed by atoms with Crippen LogP contribution < -0.4 is 15.0 Å². The predicted molar refractivity (Wildman–Crippen MR) is 101 cm³/mol. The van der Waals surface area contributed by atoms with Crippen LogP contribution in [0.25, 0.3) is 0 Å². The summed E-state index contributed by atoms with van der Waals surface area (Å²) in [6.07, 6.45) is 0.194. The summed E-state index contributed by atoms with van der Waals surface area (Å²) in [5.74, 6) is 0.0194. The minimum absolute atomic E-state index is 0.0726. The van der Waals surface area contributed by atoms with Crippen LogP contribution in [0.4, 0.5) is 11.4 Å². The lowest BCUT2D eigenvalue weighted by Crippen LogP contribution is -2.28. The first-order chi connectivity index (χ1) is 12.0. The number of aryl methyl sites for hydroxylation is 1. The van der Waals surface area contributed by atoms with Gasteiger partial charge in [-0.3, -0.25) is 9.59 Å². The molecule has 5 nitrogen and oxygen atoms in total. The molecule has 0 bridgehead atoms. The predicted octanol–water partition coefficient (Wildman–Crippen LogP) is 3.76. The molecule has 0 radical (unpaired) electrons. The van der Waals surface area contributed by atoms with E-state index < -0.39 is 0 Å². The summed E-state index contributed by atoms with van der Waals surface area (Å²) < 4.78 is 6.31. The molecule has 130 valence electrons. The molecule has 3 rings (SSSR count). The van der Waals surface area contributed by atoms with Gasteiger partial charge in [-0.05, 0) is 42.8 Å². The number of halogens is 1. The summed E-state index contributed by atoms with van der Waals surface area (Å²) in [4.78, 5) is 26.6. The standard InChI is InChI=1S/C19H19BrN2O3/c1-12-9-14(7-8-15(12)20)21-19(24)13-10-18(23)22(11-13)16-5-3-4-6-17(16)25-2/h3-9,13H,10-11H2,1-2H3,(H,21,24)/t13-/m1/s1. The van der Waals surface area contributed by atoms with E-state index in [1.165, 1.54) is 0 Å². The van der Waals surface area contributed by atoms with Gasteiger partial charge in [0, 0.05) is 23.1 Å². The largest absolute Gasteiger partial charge is 0.495 e. The van der Waals surface area contributed by atoms with Crippen LogP contribution in [0.5, 0.6) is 5.75 Å². The third-order valence-corrected chi connectivity index (χ3v) is 5.19. The Morgan fingerprint density at radius 2 is 2.04 bits per heavy atom. The maximum atomic E-state index is 12.6. The Morgan fingerprint density at radius 1 is 1.28 bits per heavy atom. The monoisotopic (exact) mass is 402 g/mol. The van der Waals surface area contributed by atoms with E-state index in [9.17, 15) is 9.59 Å². The third kappa shape index (κ3) is 3.69. The second-order valence-electron chi connectivity index (χ2n) is 6.03. The molecule has 1 atom stereocenters. The minimum Gasteiger partial charge on any atom is -0.495 e. The molecule has 2 aromatic carbocycles. The summed E-state index contributed by atoms with van der Waals surface area (Å²) in [5, 5.41) is 2.90. The molecule has 2 amide bonds. The normalized spacial score (nSPS) is 16.8. The van der Waals surface area contributed by atoms with Crippen LogP contribution in [0, 0.1) is 12.8 Å². The highest BCUT2D eigenvalue weighted by Crippen LogP contribution is 2.33. The lowest BCUT2D eigenvalue weighted by molar-refractivity contribution is -0.122. The van der Waals surface area contributed by atoms with Crippen molar-refractivity contribution in [3.63, 3.8) is 0 Å². The highest BCUT2D eigenvalue weighted by molar-refractivity contribution is 9.10. The molecular weight excluding hydrogens is 384 g/mol. The molecule has 25 heavy (non-hydrogen) atoms. The molecule has 0 aromatic heterocycles. The second kappa shape index (κ2) is 7.27. The van der Waals surface area contributed by atoms with Gasteiger partial charge < -0.3 is 15.0 Å².